The van der Waals surface area contributed by atoms with E-state index in [0.717, 1.165) is 18.0 Å². The maximum atomic E-state index is 11.5. The van der Waals surface area contributed by atoms with E-state index < -0.39 is 0 Å². The largest absolute Gasteiger partial charge is 0.468 e. The van der Waals surface area contributed by atoms with Gasteiger partial charge in [-0.15, -0.1) is 11.8 Å². The first-order valence-electron chi connectivity index (χ1n) is 5.63. The van der Waals surface area contributed by atoms with Gasteiger partial charge in [-0.2, -0.15) is 0 Å². The van der Waals surface area contributed by atoms with Gasteiger partial charge in [0, 0.05) is 11.9 Å². The molecule has 0 saturated carbocycles. The number of pyridine rings is 1. The number of carbonyl (C=O) groups is 1. The fourth-order valence-electron chi connectivity index (χ4n) is 1.27. The van der Waals surface area contributed by atoms with Crippen molar-refractivity contribution in [2.45, 2.75) is 24.4 Å². The zero-order valence-corrected chi connectivity index (χ0v) is 11.0. The average molecular weight is 254 g/mol. The summed E-state index contributed by atoms with van der Waals surface area (Å²) in [6, 6.07) is 5.46. The van der Waals surface area contributed by atoms with Crippen LogP contribution in [0.1, 0.15) is 13.3 Å². The van der Waals surface area contributed by atoms with Gasteiger partial charge < -0.3 is 10.1 Å². The number of carbonyl (C=O) groups excluding carboxylic acids is 1. The molecule has 0 saturated heterocycles. The molecule has 0 aliphatic rings. The second-order valence-corrected chi connectivity index (χ2v) is 4.55. The van der Waals surface area contributed by atoms with Crippen molar-refractivity contribution in [1.29, 1.82) is 0 Å². The van der Waals surface area contributed by atoms with E-state index in [0.29, 0.717) is 5.75 Å². The van der Waals surface area contributed by atoms with Crippen LogP contribution in [0.4, 0.5) is 0 Å². The Morgan fingerprint density at radius 1 is 1.59 bits per heavy atom. The lowest BCUT2D eigenvalue weighted by atomic mass is 10.3. The zero-order chi connectivity index (χ0) is 12.5. The predicted octanol–water partition coefficient (Wildman–Crippen LogP) is 1.71. The van der Waals surface area contributed by atoms with E-state index in [1.54, 1.807) is 18.0 Å². The molecule has 94 valence electrons. The smallest absolute Gasteiger partial charge is 0.323 e. The van der Waals surface area contributed by atoms with Crippen molar-refractivity contribution in [3.8, 4) is 0 Å². The first-order valence-corrected chi connectivity index (χ1v) is 6.61. The maximum Gasteiger partial charge on any atom is 0.323 e. The summed E-state index contributed by atoms with van der Waals surface area (Å²) < 4.78 is 4.76. The Bertz CT molecular complexity index is 333. The van der Waals surface area contributed by atoms with E-state index in [1.165, 1.54) is 7.11 Å². The molecule has 0 amide bonds. The van der Waals surface area contributed by atoms with Crippen LogP contribution in [0.2, 0.25) is 0 Å². The van der Waals surface area contributed by atoms with Crippen LogP contribution < -0.4 is 5.32 Å². The minimum atomic E-state index is -0.271. The zero-order valence-electron chi connectivity index (χ0n) is 10.2. The Morgan fingerprint density at radius 2 is 2.41 bits per heavy atom. The average Bonchev–Trinajstić information content (AvgIpc) is 2.39. The summed E-state index contributed by atoms with van der Waals surface area (Å²) in [5.41, 5.74) is 0. The highest BCUT2D eigenvalue weighted by Crippen LogP contribution is 2.15. The quantitative estimate of drug-likeness (QED) is 0.593. The Hall–Kier alpha value is -1.07. The molecular weight excluding hydrogens is 236 g/mol. The molecule has 17 heavy (non-hydrogen) atoms. The SMILES string of the molecule is CCCNC(CSc1ccccn1)C(=O)OC. The van der Waals surface area contributed by atoms with Crippen molar-refractivity contribution in [2.24, 2.45) is 0 Å². The van der Waals surface area contributed by atoms with Gasteiger partial charge in [0.2, 0.25) is 0 Å². The van der Waals surface area contributed by atoms with E-state index in [9.17, 15) is 4.79 Å². The van der Waals surface area contributed by atoms with E-state index in [4.69, 9.17) is 4.74 Å². The minimum Gasteiger partial charge on any atom is -0.468 e. The molecule has 1 heterocycles. The number of nitrogens with zero attached hydrogens (tertiary/aromatic N) is 1. The number of ether oxygens (including phenoxy) is 1. The fourth-order valence-corrected chi connectivity index (χ4v) is 2.17. The molecule has 4 nitrogen and oxygen atoms in total. The van der Waals surface area contributed by atoms with Crippen molar-refractivity contribution < 1.29 is 9.53 Å². The Labute approximate surface area is 106 Å². The van der Waals surface area contributed by atoms with Crippen LogP contribution in [0.15, 0.2) is 29.4 Å². The molecule has 0 aliphatic carbocycles. The molecule has 0 bridgehead atoms. The van der Waals surface area contributed by atoms with Gasteiger partial charge in [-0.3, -0.25) is 4.79 Å². The molecule has 1 aromatic rings. The van der Waals surface area contributed by atoms with Crippen molar-refractivity contribution >= 4 is 17.7 Å². The van der Waals surface area contributed by atoms with Crippen LogP contribution in [-0.2, 0) is 9.53 Å². The highest BCUT2D eigenvalue weighted by molar-refractivity contribution is 7.99. The summed E-state index contributed by atoms with van der Waals surface area (Å²) in [5.74, 6) is 0.408. The van der Waals surface area contributed by atoms with Crippen molar-refractivity contribution in [1.82, 2.24) is 10.3 Å². The highest BCUT2D eigenvalue weighted by atomic mass is 32.2. The second-order valence-electron chi connectivity index (χ2n) is 3.51. The number of hydrogen-bond donors (Lipinski definition) is 1. The highest BCUT2D eigenvalue weighted by Gasteiger charge is 2.18. The number of nitrogens with one attached hydrogen (secondary N) is 1. The van der Waals surface area contributed by atoms with Crippen molar-refractivity contribution in [3.05, 3.63) is 24.4 Å². The summed E-state index contributed by atoms with van der Waals surface area (Å²) in [6.45, 7) is 2.87. The summed E-state index contributed by atoms with van der Waals surface area (Å²) in [5, 5.41) is 4.08. The Balaban J connectivity index is 2.46. The van der Waals surface area contributed by atoms with Crippen LogP contribution in [0.25, 0.3) is 0 Å². The van der Waals surface area contributed by atoms with Crippen LogP contribution in [0, 0.1) is 0 Å². The molecule has 1 N–H and O–H groups in total. The lowest BCUT2D eigenvalue weighted by Crippen LogP contribution is -2.40. The Kier molecular flexibility index (Phi) is 6.65. The number of rotatable bonds is 7. The van der Waals surface area contributed by atoms with Crippen LogP contribution in [0.5, 0.6) is 0 Å². The molecule has 1 unspecified atom stereocenters. The van der Waals surface area contributed by atoms with Crippen LogP contribution in [-0.4, -0.2) is 36.4 Å². The van der Waals surface area contributed by atoms with Gasteiger partial charge in [0.05, 0.1) is 12.1 Å². The number of esters is 1. The molecule has 0 spiro atoms. The van der Waals surface area contributed by atoms with Gasteiger partial charge in [0.25, 0.3) is 0 Å². The molecule has 5 heteroatoms. The van der Waals surface area contributed by atoms with Crippen LogP contribution in [0.3, 0.4) is 0 Å². The number of methoxy groups -OCH3 is 1. The summed E-state index contributed by atoms with van der Waals surface area (Å²) in [4.78, 5) is 15.7. The predicted molar refractivity (Wildman–Crippen MR) is 69.1 cm³/mol. The van der Waals surface area contributed by atoms with Crippen LogP contribution >= 0.6 is 11.8 Å². The molecular formula is C12H18N2O2S. The van der Waals surface area contributed by atoms with E-state index in [1.807, 2.05) is 18.2 Å². The number of thioether (sulfide) groups is 1. The van der Waals surface area contributed by atoms with Gasteiger partial charge in [0.1, 0.15) is 6.04 Å². The van der Waals surface area contributed by atoms with Gasteiger partial charge in [0.15, 0.2) is 0 Å². The molecule has 1 rings (SSSR count). The van der Waals surface area contributed by atoms with Gasteiger partial charge >= 0.3 is 5.97 Å². The second kappa shape index (κ2) is 8.08. The maximum absolute atomic E-state index is 11.5. The third kappa shape index (κ3) is 5.19. The first kappa shape index (κ1) is 14.0. The minimum absolute atomic E-state index is 0.220. The number of aromatic nitrogens is 1. The molecule has 1 atom stereocenters. The third-order valence-corrected chi connectivity index (χ3v) is 3.20. The normalized spacial score (nSPS) is 12.1. The van der Waals surface area contributed by atoms with Gasteiger partial charge in [-0.05, 0) is 25.1 Å². The Morgan fingerprint density at radius 3 is 3.00 bits per heavy atom. The lowest BCUT2D eigenvalue weighted by Gasteiger charge is -2.15. The number of hydrogen-bond acceptors (Lipinski definition) is 5. The van der Waals surface area contributed by atoms with E-state index in [-0.39, 0.29) is 12.0 Å². The molecule has 0 aromatic carbocycles. The van der Waals surface area contributed by atoms with Gasteiger partial charge in [-0.1, -0.05) is 13.0 Å². The summed E-state index contributed by atoms with van der Waals surface area (Å²) in [7, 11) is 1.41. The fraction of sp³-hybridized carbons (Fsp3) is 0.500. The first-order chi connectivity index (χ1) is 8.27. The van der Waals surface area contributed by atoms with E-state index >= 15 is 0 Å². The van der Waals surface area contributed by atoms with Crippen molar-refractivity contribution in [3.63, 3.8) is 0 Å². The van der Waals surface area contributed by atoms with Gasteiger partial charge in [-0.25, -0.2) is 4.98 Å². The molecule has 1 aromatic heterocycles. The molecule has 0 radical (unpaired) electrons. The lowest BCUT2D eigenvalue weighted by molar-refractivity contribution is -0.142. The third-order valence-electron chi connectivity index (χ3n) is 2.16. The van der Waals surface area contributed by atoms with Crippen molar-refractivity contribution in [2.75, 3.05) is 19.4 Å². The molecule has 0 fully saturated rings. The molecule has 0 aliphatic heterocycles. The monoisotopic (exact) mass is 254 g/mol. The summed E-state index contributed by atoms with van der Waals surface area (Å²) in [6.07, 6.45) is 2.73. The standard InChI is InChI=1S/C12H18N2O2S/c1-3-7-13-10(12(15)16-2)9-17-11-6-4-5-8-14-11/h4-6,8,10,13H,3,7,9H2,1-2H3. The summed E-state index contributed by atoms with van der Waals surface area (Å²) >= 11 is 1.55. The topological polar surface area (TPSA) is 51.2 Å². The van der Waals surface area contributed by atoms with E-state index in [2.05, 4.69) is 17.2 Å².